The number of hydrogen-bond donors (Lipinski definition) is 2. The van der Waals surface area contributed by atoms with E-state index in [-0.39, 0.29) is 5.91 Å². The molecule has 162 valence electrons. The quantitative estimate of drug-likeness (QED) is 0.520. The Balaban J connectivity index is 1.25. The molecule has 2 N–H and O–H groups in total. The molecule has 1 amide bonds. The predicted molar refractivity (Wildman–Crippen MR) is 125 cm³/mol. The lowest BCUT2D eigenvalue weighted by Crippen LogP contribution is -2.35. The summed E-state index contributed by atoms with van der Waals surface area (Å²) in [7, 11) is 0. The lowest BCUT2D eigenvalue weighted by atomic mass is 9.93. The van der Waals surface area contributed by atoms with Gasteiger partial charge in [-0.1, -0.05) is 60.1 Å². The van der Waals surface area contributed by atoms with E-state index in [4.69, 9.17) is 11.6 Å². The van der Waals surface area contributed by atoms with Crippen LogP contribution in [0.3, 0.4) is 0 Å². The topological polar surface area (TPSA) is 61.0 Å². The summed E-state index contributed by atoms with van der Waals surface area (Å²) < 4.78 is 0. The van der Waals surface area contributed by atoms with Crippen LogP contribution in [0.4, 0.5) is 0 Å². The maximum absolute atomic E-state index is 12.3. The molecular weight excluding hydrogens is 408 g/mol. The second-order valence-electron chi connectivity index (χ2n) is 8.29. The molecule has 1 aliphatic rings. The van der Waals surface area contributed by atoms with Gasteiger partial charge in [0.05, 0.1) is 11.9 Å². The van der Waals surface area contributed by atoms with Gasteiger partial charge < -0.3 is 5.32 Å². The molecule has 4 rings (SSSR count). The van der Waals surface area contributed by atoms with E-state index in [1.807, 2.05) is 48.7 Å². The van der Waals surface area contributed by atoms with E-state index >= 15 is 0 Å². The van der Waals surface area contributed by atoms with Crippen LogP contribution in [0.5, 0.6) is 0 Å². The minimum absolute atomic E-state index is 0.0956. The van der Waals surface area contributed by atoms with Crippen LogP contribution in [0.15, 0.2) is 60.8 Å². The zero-order chi connectivity index (χ0) is 21.5. The molecule has 0 spiro atoms. The van der Waals surface area contributed by atoms with Crippen molar-refractivity contribution in [3.8, 4) is 11.3 Å². The summed E-state index contributed by atoms with van der Waals surface area (Å²) >= 11 is 6.17. The summed E-state index contributed by atoms with van der Waals surface area (Å²) in [5.41, 5.74) is 4.44. The summed E-state index contributed by atoms with van der Waals surface area (Å²) in [6.45, 7) is 3.49. The molecule has 0 bridgehead atoms. The average Bonchev–Trinajstić information content (AvgIpc) is 3.26. The van der Waals surface area contributed by atoms with Gasteiger partial charge in [-0.3, -0.25) is 14.8 Å². The Morgan fingerprint density at radius 2 is 1.94 bits per heavy atom. The van der Waals surface area contributed by atoms with Gasteiger partial charge in [0.1, 0.15) is 0 Å². The highest BCUT2D eigenvalue weighted by Gasteiger charge is 2.22. The highest BCUT2D eigenvalue weighted by atomic mass is 35.5. The van der Waals surface area contributed by atoms with Crippen LogP contribution in [-0.4, -0.2) is 34.1 Å². The molecule has 2 heterocycles. The first-order valence-electron chi connectivity index (χ1n) is 11.0. The van der Waals surface area contributed by atoms with Crippen molar-refractivity contribution in [2.45, 2.75) is 38.8 Å². The normalized spacial score (nSPS) is 16.9. The summed E-state index contributed by atoms with van der Waals surface area (Å²) in [5.74, 6) is 0.644. The van der Waals surface area contributed by atoms with E-state index in [1.165, 1.54) is 24.0 Å². The van der Waals surface area contributed by atoms with E-state index in [0.717, 1.165) is 37.3 Å². The fourth-order valence-corrected chi connectivity index (χ4v) is 4.52. The minimum atomic E-state index is 0.0956. The predicted octanol–water partition coefficient (Wildman–Crippen LogP) is 5.04. The van der Waals surface area contributed by atoms with E-state index < -0.39 is 0 Å². The molecule has 3 aromatic rings. The molecule has 1 aliphatic heterocycles. The van der Waals surface area contributed by atoms with Gasteiger partial charge in [-0.25, -0.2) is 0 Å². The Labute approximate surface area is 188 Å². The van der Waals surface area contributed by atoms with Crippen LogP contribution in [0, 0.1) is 5.92 Å². The maximum Gasteiger partial charge on any atom is 0.220 e. The zero-order valence-corrected chi connectivity index (χ0v) is 18.4. The summed E-state index contributed by atoms with van der Waals surface area (Å²) in [4.78, 5) is 14.8. The maximum atomic E-state index is 12.3. The van der Waals surface area contributed by atoms with Crippen molar-refractivity contribution >= 4 is 17.5 Å². The number of hydrogen-bond acceptors (Lipinski definition) is 3. The molecule has 1 fully saturated rings. The van der Waals surface area contributed by atoms with Crippen molar-refractivity contribution in [3.63, 3.8) is 0 Å². The van der Waals surface area contributed by atoms with Crippen LogP contribution >= 0.6 is 11.6 Å². The minimum Gasteiger partial charge on any atom is -0.352 e. The number of nitrogens with zero attached hydrogens (tertiary/aromatic N) is 2. The first-order valence-corrected chi connectivity index (χ1v) is 11.4. The van der Waals surface area contributed by atoms with E-state index in [1.54, 1.807) is 0 Å². The van der Waals surface area contributed by atoms with Gasteiger partial charge in [0.15, 0.2) is 0 Å². The third-order valence-corrected chi connectivity index (χ3v) is 6.36. The van der Waals surface area contributed by atoms with Crippen LogP contribution in [0.25, 0.3) is 11.3 Å². The third-order valence-electron chi connectivity index (χ3n) is 5.99. The first-order chi connectivity index (χ1) is 15.2. The summed E-state index contributed by atoms with van der Waals surface area (Å²) in [6.07, 6.45) is 5.77. The van der Waals surface area contributed by atoms with Gasteiger partial charge in [0, 0.05) is 36.6 Å². The van der Waals surface area contributed by atoms with Gasteiger partial charge in [-0.15, -0.1) is 0 Å². The monoisotopic (exact) mass is 436 g/mol. The van der Waals surface area contributed by atoms with Gasteiger partial charge in [-0.2, -0.15) is 5.10 Å². The number of piperidine rings is 1. The first kappa shape index (κ1) is 21.6. The molecule has 0 radical (unpaired) electrons. The van der Waals surface area contributed by atoms with Crippen molar-refractivity contribution in [1.82, 2.24) is 20.4 Å². The number of carbonyl (C=O) groups excluding carboxylic acids is 1. The van der Waals surface area contributed by atoms with Crippen LogP contribution in [0.1, 0.15) is 36.8 Å². The van der Waals surface area contributed by atoms with Gasteiger partial charge >= 0.3 is 0 Å². The number of amides is 1. The zero-order valence-electron chi connectivity index (χ0n) is 17.7. The molecule has 1 saturated heterocycles. The lowest BCUT2D eigenvalue weighted by Gasteiger charge is -2.32. The van der Waals surface area contributed by atoms with Crippen molar-refractivity contribution in [2.24, 2.45) is 5.92 Å². The Morgan fingerprint density at radius 3 is 2.77 bits per heavy atom. The molecule has 1 atom stereocenters. The Hall–Kier alpha value is -2.63. The SMILES string of the molecule is O=C(CC[C@@H]1CCCN(Cc2cn[nH]c2-c2ccccc2)C1)NCc1ccccc1Cl. The van der Waals surface area contributed by atoms with Gasteiger partial charge in [0.2, 0.25) is 5.91 Å². The average molecular weight is 437 g/mol. The van der Waals surface area contributed by atoms with Crippen LogP contribution in [0.2, 0.25) is 5.02 Å². The van der Waals surface area contributed by atoms with Crippen molar-refractivity contribution in [2.75, 3.05) is 13.1 Å². The second-order valence-corrected chi connectivity index (χ2v) is 8.69. The fraction of sp³-hybridized carbons (Fsp3) is 0.360. The summed E-state index contributed by atoms with van der Waals surface area (Å²) in [5, 5.41) is 11.1. The van der Waals surface area contributed by atoms with E-state index in [2.05, 4.69) is 32.5 Å². The van der Waals surface area contributed by atoms with Crippen molar-refractivity contribution < 1.29 is 4.79 Å². The molecular formula is C25H29ClN4O. The standard InChI is InChI=1S/C25H29ClN4O/c26-23-11-5-4-10-21(23)15-27-24(31)13-12-19-7-6-14-30(17-19)18-22-16-28-29-25(22)20-8-2-1-3-9-20/h1-5,8-11,16,19H,6-7,12-15,17-18H2,(H,27,31)(H,28,29)/t19-/m0/s1. The van der Waals surface area contributed by atoms with Crippen LogP contribution in [-0.2, 0) is 17.9 Å². The fourth-order valence-electron chi connectivity index (χ4n) is 4.32. The third kappa shape index (κ3) is 5.96. The Morgan fingerprint density at radius 1 is 1.13 bits per heavy atom. The number of nitrogens with one attached hydrogen (secondary N) is 2. The van der Waals surface area contributed by atoms with Crippen LogP contribution < -0.4 is 5.32 Å². The number of rotatable bonds is 8. The molecule has 2 aromatic carbocycles. The molecule has 6 heteroatoms. The number of likely N-dealkylation sites (tertiary alicyclic amines) is 1. The Bertz CT molecular complexity index is 988. The largest absolute Gasteiger partial charge is 0.352 e. The number of H-pyrrole nitrogens is 1. The number of halogens is 1. The number of benzene rings is 2. The highest BCUT2D eigenvalue weighted by molar-refractivity contribution is 6.31. The number of aromatic nitrogens is 2. The second kappa shape index (κ2) is 10.6. The number of carbonyl (C=O) groups is 1. The van der Waals surface area contributed by atoms with Crippen molar-refractivity contribution in [1.29, 1.82) is 0 Å². The highest BCUT2D eigenvalue weighted by Crippen LogP contribution is 2.26. The molecule has 0 saturated carbocycles. The summed E-state index contributed by atoms with van der Waals surface area (Å²) in [6, 6.07) is 18.0. The lowest BCUT2D eigenvalue weighted by molar-refractivity contribution is -0.121. The van der Waals surface area contributed by atoms with Gasteiger partial charge in [-0.05, 0) is 48.9 Å². The molecule has 5 nitrogen and oxygen atoms in total. The molecule has 31 heavy (non-hydrogen) atoms. The molecule has 0 aliphatic carbocycles. The van der Waals surface area contributed by atoms with Crippen molar-refractivity contribution in [3.05, 3.63) is 76.9 Å². The number of aromatic amines is 1. The van der Waals surface area contributed by atoms with E-state index in [9.17, 15) is 4.79 Å². The smallest absolute Gasteiger partial charge is 0.220 e. The Kier molecular flexibility index (Phi) is 7.39. The van der Waals surface area contributed by atoms with E-state index in [0.29, 0.717) is 23.9 Å². The molecule has 1 aromatic heterocycles. The van der Waals surface area contributed by atoms with Gasteiger partial charge in [0.25, 0.3) is 0 Å². The molecule has 0 unspecified atom stereocenters.